The summed E-state index contributed by atoms with van der Waals surface area (Å²) >= 11 is 0. The van der Waals surface area contributed by atoms with Crippen LogP contribution in [0.25, 0.3) is 0 Å². The Labute approximate surface area is 181 Å². The summed E-state index contributed by atoms with van der Waals surface area (Å²) in [6, 6.07) is 7.94. The van der Waals surface area contributed by atoms with E-state index in [1.807, 2.05) is 24.3 Å². The molecule has 1 aliphatic heterocycles. The van der Waals surface area contributed by atoms with Crippen LogP contribution in [0.5, 0.6) is 5.75 Å². The monoisotopic (exact) mass is 435 g/mol. The zero-order valence-electron chi connectivity index (χ0n) is 17.2. The number of carbonyl (C=O) groups excluding carboxylic acids is 1. The number of nitrogens with zero attached hydrogens (tertiary/aromatic N) is 1. The molecule has 0 saturated carbocycles. The van der Waals surface area contributed by atoms with Crippen molar-refractivity contribution in [2.24, 2.45) is 5.41 Å². The van der Waals surface area contributed by atoms with Crippen molar-refractivity contribution in [2.45, 2.75) is 25.8 Å². The smallest absolute Gasteiger partial charge is 0.228 e. The van der Waals surface area contributed by atoms with E-state index in [1.54, 1.807) is 7.11 Å². The number of hydrogen-bond donors (Lipinski definition) is 2. The molecular weight excluding hydrogens is 401 g/mol. The second-order valence-electron chi connectivity index (χ2n) is 7.30. The van der Waals surface area contributed by atoms with Gasteiger partial charge in [-0.3, -0.25) is 4.79 Å². The van der Waals surface area contributed by atoms with E-state index in [0.29, 0.717) is 19.8 Å². The second kappa shape index (κ2) is 14.0. The third kappa shape index (κ3) is 8.53. The van der Waals surface area contributed by atoms with Gasteiger partial charge in [-0.1, -0.05) is 12.1 Å². The fourth-order valence-corrected chi connectivity index (χ4v) is 3.26. The third-order valence-corrected chi connectivity index (χ3v) is 4.86. The van der Waals surface area contributed by atoms with Crippen LogP contribution in [-0.2, 0) is 16.1 Å². The molecule has 0 spiro atoms. The Balaban J connectivity index is 0.00000364. The molecule has 2 N–H and O–H groups in total. The highest BCUT2D eigenvalue weighted by Gasteiger charge is 2.39. The number of carbonyl (C=O) groups is 1. The Kier molecular flexibility index (Phi) is 13.5. The van der Waals surface area contributed by atoms with Crippen molar-refractivity contribution in [1.29, 1.82) is 0 Å². The van der Waals surface area contributed by atoms with Crippen LogP contribution in [-0.4, -0.2) is 64.9 Å². The molecule has 1 heterocycles. The largest absolute Gasteiger partial charge is 0.494 e. The first kappa shape index (κ1) is 27.0. The molecule has 162 valence electrons. The van der Waals surface area contributed by atoms with Gasteiger partial charge in [-0.05, 0) is 64.1 Å². The van der Waals surface area contributed by atoms with Crippen LogP contribution in [0.1, 0.15) is 24.8 Å². The van der Waals surface area contributed by atoms with Crippen molar-refractivity contribution in [3.8, 4) is 5.75 Å². The Morgan fingerprint density at radius 1 is 1.18 bits per heavy atom. The van der Waals surface area contributed by atoms with Gasteiger partial charge in [0.2, 0.25) is 5.91 Å². The summed E-state index contributed by atoms with van der Waals surface area (Å²) < 4.78 is 11.1. The first-order valence-corrected chi connectivity index (χ1v) is 9.40. The molecule has 1 aliphatic rings. The quantitative estimate of drug-likeness (QED) is 0.552. The van der Waals surface area contributed by atoms with Gasteiger partial charge in [0.1, 0.15) is 5.75 Å². The molecule has 8 heteroatoms. The molecule has 2 rings (SSSR count). The van der Waals surface area contributed by atoms with Crippen molar-refractivity contribution in [1.82, 2.24) is 15.5 Å². The lowest BCUT2D eigenvalue weighted by Crippen LogP contribution is -2.49. The minimum atomic E-state index is -0.407. The maximum Gasteiger partial charge on any atom is 0.228 e. The summed E-state index contributed by atoms with van der Waals surface area (Å²) in [5.74, 6) is 0.956. The van der Waals surface area contributed by atoms with Gasteiger partial charge in [0.15, 0.2) is 0 Å². The number of hydrogen-bond acceptors (Lipinski definition) is 5. The maximum atomic E-state index is 12.7. The lowest BCUT2D eigenvalue weighted by molar-refractivity contribution is -0.136. The third-order valence-electron chi connectivity index (χ3n) is 4.86. The lowest BCUT2D eigenvalue weighted by Gasteiger charge is -2.35. The van der Waals surface area contributed by atoms with Crippen LogP contribution in [0.15, 0.2) is 24.3 Å². The number of piperidine rings is 1. The lowest BCUT2D eigenvalue weighted by atomic mass is 9.78. The van der Waals surface area contributed by atoms with Crippen molar-refractivity contribution in [3.05, 3.63) is 29.8 Å². The van der Waals surface area contributed by atoms with Crippen LogP contribution < -0.4 is 15.4 Å². The number of amides is 1. The SMILES string of the molecule is COCC1(C(=O)NCc2ccc(OCCCN(C)C)cc2)CCNCC1.Cl.Cl. The Hall–Kier alpha value is -1.05. The van der Waals surface area contributed by atoms with Gasteiger partial charge in [-0.15, -0.1) is 24.8 Å². The van der Waals surface area contributed by atoms with Crippen molar-refractivity contribution in [2.75, 3.05) is 54.1 Å². The molecule has 0 unspecified atom stereocenters. The van der Waals surface area contributed by atoms with E-state index in [0.717, 1.165) is 50.2 Å². The highest BCUT2D eigenvalue weighted by molar-refractivity contribution is 5.85. The van der Waals surface area contributed by atoms with Gasteiger partial charge in [0.05, 0.1) is 18.6 Å². The molecule has 0 bridgehead atoms. The van der Waals surface area contributed by atoms with Crippen LogP contribution >= 0.6 is 24.8 Å². The Bertz CT molecular complexity index is 545. The molecule has 28 heavy (non-hydrogen) atoms. The fourth-order valence-electron chi connectivity index (χ4n) is 3.26. The molecule has 1 amide bonds. The predicted molar refractivity (Wildman–Crippen MR) is 118 cm³/mol. The predicted octanol–water partition coefficient (Wildman–Crippen LogP) is 2.49. The number of nitrogens with one attached hydrogen (secondary N) is 2. The average molecular weight is 436 g/mol. The van der Waals surface area contributed by atoms with Crippen LogP contribution in [0.4, 0.5) is 0 Å². The van der Waals surface area contributed by atoms with E-state index < -0.39 is 5.41 Å². The number of halogens is 2. The van der Waals surface area contributed by atoms with E-state index >= 15 is 0 Å². The molecule has 1 aromatic rings. The maximum absolute atomic E-state index is 12.7. The minimum absolute atomic E-state index is 0. The van der Waals surface area contributed by atoms with E-state index in [-0.39, 0.29) is 30.7 Å². The van der Waals surface area contributed by atoms with Crippen LogP contribution in [0.3, 0.4) is 0 Å². The van der Waals surface area contributed by atoms with Crippen molar-refractivity contribution < 1.29 is 14.3 Å². The normalized spacial score (nSPS) is 15.3. The number of methoxy groups -OCH3 is 1. The van der Waals surface area contributed by atoms with Gasteiger partial charge >= 0.3 is 0 Å². The van der Waals surface area contributed by atoms with Gasteiger partial charge in [0.25, 0.3) is 0 Å². The van der Waals surface area contributed by atoms with Gasteiger partial charge in [0, 0.05) is 20.2 Å². The van der Waals surface area contributed by atoms with Gasteiger partial charge in [-0.2, -0.15) is 0 Å². The zero-order chi connectivity index (χ0) is 18.8. The summed E-state index contributed by atoms with van der Waals surface area (Å²) in [5, 5.41) is 6.39. The molecule has 1 saturated heterocycles. The van der Waals surface area contributed by atoms with E-state index in [4.69, 9.17) is 9.47 Å². The molecule has 0 radical (unpaired) electrons. The minimum Gasteiger partial charge on any atom is -0.494 e. The number of ether oxygens (including phenoxy) is 2. The molecule has 1 aromatic carbocycles. The molecule has 1 fully saturated rings. The standard InChI is InChI=1S/C20H33N3O3.2ClH/c1-23(2)13-4-14-26-18-7-5-17(6-8-18)15-22-19(24)20(16-25-3)9-11-21-12-10-20;;/h5-8,21H,4,9-16H2,1-3H3,(H,22,24);2*1H. The number of rotatable bonds is 10. The highest BCUT2D eigenvalue weighted by Crippen LogP contribution is 2.29. The van der Waals surface area contributed by atoms with Gasteiger partial charge < -0.3 is 25.0 Å². The summed E-state index contributed by atoms with van der Waals surface area (Å²) in [7, 11) is 5.78. The topological polar surface area (TPSA) is 62.8 Å². The van der Waals surface area contributed by atoms with E-state index in [1.165, 1.54) is 0 Å². The molecular formula is C20H35Cl2N3O3. The summed E-state index contributed by atoms with van der Waals surface area (Å²) in [6.45, 7) is 4.44. The first-order valence-electron chi connectivity index (χ1n) is 9.40. The van der Waals surface area contributed by atoms with Crippen molar-refractivity contribution >= 4 is 30.7 Å². The highest BCUT2D eigenvalue weighted by atomic mass is 35.5. The summed E-state index contributed by atoms with van der Waals surface area (Å²) in [6.07, 6.45) is 2.63. The average Bonchev–Trinajstić information content (AvgIpc) is 2.65. The Morgan fingerprint density at radius 3 is 2.39 bits per heavy atom. The van der Waals surface area contributed by atoms with E-state index in [2.05, 4.69) is 29.6 Å². The van der Waals surface area contributed by atoms with Crippen molar-refractivity contribution in [3.63, 3.8) is 0 Å². The Morgan fingerprint density at radius 2 is 1.82 bits per heavy atom. The first-order chi connectivity index (χ1) is 12.6. The zero-order valence-corrected chi connectivity index (χ0v) is 18.8. The van der Waals surface area contributed by atoms with E-state index in [9.17, 15) is 4.79 Å². The van der Waals surface area contributed by atoms with Crippen LogP contribution in [0, 0.1) is 5.41 Å². The second-order valence-corrected chi connectivity index (χ2v) is 7.30. The summed E-state index contributed by atoms with van der Waals surface area (Å²) in [5.41, 5.74) is 0.663. The van der Waals surface area contributed by atoms with Gasteiger partial charge in [-0.25, -0.2) is 0 Å². The molecule has 0 aliphatic carbocycles. The summed E-state index contributed by atoms with van der Waals surface area (Å²) in [4.78, 5) is 14.9. The molecule has 0 aromatic heterocycles. The number of benzene rings is 1. The fraction of sp³-hybridized carbons (Fsp3) is 0.650. The van der Waals surface area contributed by atoms with Crippen LogP contribution in [0.2, 0.25) is 0 Å². The molecule has 6 nitrogen and oxygen atoms in total. The molecule has 0 atom stereocenters.